The molecule has 2 aromatic rings. The topological polar surface area (TPSA) is 36.3 Å². The van der Waals surface area contributed by atoms with E-state index in [9.17, 15) is 5.26 Å². The van der Waals surface area contributed by atoms with Crippen molar-refractivity contribution in [1.82, 2.24) is 4.90 Å². The quantitative estimate of drug-likeness (QED) is 0.821. The number of thiophene rings is 1. The average Bonchev–Trinajstić information content (AvgIpc) is 3.09. The molecule has 1 aromatic carbocycles. The summed E-state index contributed by atoms with van der Waals surface area (Å²) in [5.41, 5.74) is 3.16. The fourth-order valence-electron chi connectivity index (χ4n) is 3.38. The molecule has 0 radical (unpaired) electrons. The van der Waals surface area contributed by atoms with E-state index < -0.39 is 5.41 Å². The highest BCUT2D eigenvalue weighted by atomic mass is 32.1. The number of nitrogens with zero attached hydrogens (tertiary/aromatic N) is 2. The second kappa shape index (κ2) is 7.06. The standard InChI is InChI=1S/C20H24N2OS/c1-15-10-22(12-19(23-15)17-8-9-24-13-17)11-16-6-4-5-7-18(16)20(2,3)14-21/h4-9,13,15,19H,10-12H2,1-3H3/t15-,19-/m0/s1. The van der Waals surface area contributed by atoms with Gasteiger partial charge in [0.2, 0.25) is 0 Å². The molecule has 1 aliphatic rings. The summed E-state index contributed by atoms with van der Waals surface area (Å²) in [6, 6.07) is 12.9. The van der Waals surface area contributed by atoms with Gasteiger partial charge in [0.05, 0.1) is 23.7 Å². The Labute approximate surface area is 148 Å². The molecule has 24 heavy (non-hydrogen) atoms. The van der Waals surface area contributed by atoms with Gasteiger partial charge < -0.3 is 4.74 Å². The van der Waals surface area contributed by atoms with Gasteiger partial charge in [-0.1, -0.05) is 24.3 Å². The number of ether oxygens (including phenoxy) is 1. The first kappa shape index (κ1) is 17.2. The van der Waals surface area contributed by atoms with Gasteiger partial charge in [-0.05, 0) is 54.3 Å². The first-order valence-corrected chi connectivity index (χ1v) is 9.33. The lowest BCUT2D eigenvalue weighted by Crippen LogP contribution is -2.42. The number of rotatable bonds is 4. The van der Waals surface area contributed by atoms with Gasteiger partial charge in [-0.2, -0.15) is 16.6 Å². The maximum Gasteiger partial charge on any atom is 0.0964 e. The highest BCUT2D eigenvalue weighted by molar-refractivity contribution is 7.07. The third-order valence-electron chi connectivity index (χ3n) is 4.62. The number of benzene rings is 1. The van der Waals surface area contributed by atoms with Crippen molar-refractivity contribution in [3.63, 3.8) is 0 Å². The van der Waals surface area contributed by atoms with Gasteiger partial charge in [0.25, 0.3) is 0 Å². The largest absolute Gasteiger partial charge is 0.368 e. The Kier molecular flexibility index (Phi) is 5.05. The Balaban J connectivity index is 1.80. The molecule has 3 rings (SSSR count). The Hall–Kier alpha value is -1.67. The highest BCUT2D eigenvalue weighted by Crippen LogP contribution is 2.30. The van der Waals surface area contributed by atoms with E-state index in [0.717, 1.165) is 25.2 Å². The fraction of sp³-hybridized carbons (Fsp3) is 0.450. The molecule has 1 saturated heterocycles. The van der Waals surface area contributed by atoms with E-state index in [-0.39, 0.29) is 12.2 Å². The molecule has 0 spiro atoms. The van der Waals surface area contributed by atoms with E-state index in [1.165, 1.54) is 11.1 Å². The van der Waals surface area contributed by atoms with Crippen molar-refractivity contribution in [2.24, 2.45) is 0 Å². The number of nitriles is 1. The zero-order valence-corrected chi connectivity index (χ0v) is 15.3. The molecule has 0 saturated carbocycles. The van der Waals surface area contributed by atoms with Gasteiger partial charge in [0.1, 0.15) is 0 Å². The maximum atomic E-state index is 9.50. The molecule has 0 bridgehead atoms. The van der Waals surface area contributed by atoms with Crippen molar-refractivity contribution in [3.8, 4) is 6.07 Å². The second-order valence-electron chi connectivity index (χ2n) is 7.08. The van der Waals surface area contributed by atoms with Crippen molar-refractivity contribution in [1.29, 1.82) is 5.26 Å². The number of hydrogen-bond acceptors (Lipinski definition) is 4. The van der Waals surface area contributed by atoms with E-state index in [1.807, 2.05) is 19.9 Å². The molecular formula is C20H24N2OS. The number of morpholine rings is 1. The van der Waals surface area contributed by atoms with Crippen molar-refractivity contribution in [2.45, 2.75) is 44.9 Å². The molecule has 0 aliphatic carbocycles. The Morgan fingerprint density at radius 3 is 2.79 bits per heavy atom. The normalized spacial score (nSPS) is 22.2. The molecule has 0 amide bonds. The van der Waals surface area contributed by atoms with Crippen molar-refractivity contribution in [2.75, 3.05) is 13.1 Å². The summed E-state index contributed by atoms with van der Waals surface area (Å²) in [5.74, 6) is 0. The van der Waals surface area contributed by atoms with Crippen LogP contribution < -0.4 is 0 Å². The van der Waals surface area contributed by atoms with Gasteiger partial charge in [-0.15, -0.1) is 0 Å². The van der Waals surface area contributed by atoms with Crippen LogP contribution in [-0.2, 0) is 16.7 Å². The summed E-state index contributed by atoms with van der Waals surface area (Å²) in [6.07, 6.45) is 0.343. The van der Waals surface area contributed by atoms with Crippen LogP contribution in [0.25, 0.3) is 0 Å². The van der Waals surface area contributed by atoms with Crippen LogP contribution in [0.5, 0.6) is 0 Å². The number of hydrogen-bond donors (Lipinski definition) is 0. The molecule has 1 aromatic heterocycles. The van der Waals surface area contributed by atoms with Crippen LogP contribution in [0.1, 0.15) is 43.6 Å². The summed E-state index contributed by atoms with van der Waals surface area (Å²) in [4.78, 5) is 2.45. The molecular weight excluding hydrogens is 316 g/mol. The maximum absolute atomic E-state index is 9.50. The second-order valence-corrected chi connectivity index (χ2v) is 7.86. The smallest absolute Gasteiger partial charge is 0.0964 e. The van der Waals surface area contributed by atoms with Crippen molar-refractivity contribution < 1.29 is 4.74 Å². The Bertz CT molecular complexity index is 717. The van der Waals surface area contributed by atoms with Gasteiger partial charge in [0, 0.05) is 19.6 Å². The Morgan fingerprint density at radius 1 is 1.29 bits per heavy atom. The van der Waals surface area contributed by atoms with Gasteiger partial charge in [0.15, 0.2) is 0 Å². The molecule has 4 heteroatoms. The van der Waals surface area contributed by atoms with Crippen LogP contribution in [-0.4, -0.2) is 24.1 Å². The lowest BCUT2D eigenvalue weighted by Gasteiger charge is -2.37. The van der Waals surface area contributed by atoms with Gasteiger partial charge in [-0.25, -0.2) is 0 Å². The molecule has 2 heterocycles. The minimum Gasteiger partial charge on any atom is -0.368 e. The zero-order valence-electron chi connectivity index (χ0n) is 14.5. The van der Waals surface area contributed by atoms with Crippen LogP contribution in [0.4, 0.5) is 0 Å². The molecule has 1 fully saturated rings. The predicted molar refractivity (Wildman–Crippen MR) is 98.0 cm³/mol. The molecule has 0 unspecified atom stereocenters. The predicted octanol–water partition coefficient (Wildman–Crippen LogP) is 4.51. The summed E-state index contributed by atoms with van der Waals surface area (Å²) in [5, 5.41) is 13.8. The molecule has 1 aliphatic heterocycles. The minimum absolute atomic E-state index is 0.135. The summed E-state index contributed by atoms with van der Waals surface area (Å²) in [6.45, 7) is 8.78. The van der Waals surface area contributed by atoms with Gasteiger partial charge in [-0.3, -0.25) is 4.90 Å². The van der Waals surface area contributed by atoms with Crippen LogP contribution in [0, 0.1) is 11.3 Å². The monoisotopic (exact) mass is 340 g/mol. The first-order chi connectivity index (χ1) is 11.5. The van der Waals surface area contributed by atoms with E-state index >= 15 is 0 Å². The van der Waals surface area contributed by atoms with E-state index in [1.54, 1.807) is 11.3 Å². The van der Waals surface area contributed by atoms with E-state index in [4.69, 9.17) is 4.74 Å². The molecule has 2 atom stereocenters. The van der Waals surface area contributed by atoms with Crippen LogP contribution in [0.3, 0.4) is 0 Å². The van der Waals surface area contributed by atoms with Gasteiger partial charge >= 0.3 is 0 Å². The zero-order chi connectivity index (χ0) is 17.2. The van der Waals surface area contributed by atoms with E-state index in [2.05, 4.69) is 52.9 Å². The average molecular weight is 340 g/mol. The highest BCUT2D eigenvalue weighted by Gasteiger charge is 2.29. The lowest BCUT2D eigenvalue weighted by atomic mass is 9.83. The van der Waals surface area contributed by atoms with Crippen molar-refractivity contribution >= 4 is 11.3 Å². The van der Waals surface area contributed by atoms with Crippen LogP contribution in [0.2, 0.25) is 0 Å². The molecule has 0 N–H and O–H groups in total. The Morgan fingerprint density at radius 2 is 2.08 bits per heavy atom. The third kappa shape index (κ3) is 3.70. The third-order valence-corrected chi connectivity index (χ3v) is 5.32. The van der Waals surface area contributed by atoms with E-state index in [0.29, 0.717) is 0 Å². The summed E-state index contributed by atoms with van der Waals surface area (Å²) in [7, 11) is 0. The first-order valence-electron chi connectivity index (χ1n) is 8.39. The lowest BCUT2D eigenvalue weighted by molar-refractivity contribution is -0.0813. The van der Waals surface area contributed by atoms with Crippen LogP contribution in [0.15, 0.2) is 41.1 Å². The fourth-order valence-corrected chi connectivity index (χ4v) is 4.08. The summed E-state index contributed by atoms with van der Waals surface area (Å²) < 4.78 is 6.13. The molecule has 126 valence electrons. The summed E-state index contributed by atoms with van der Waals surface area (Å²) >= 11 is 1.71. The SMILES string of the molecule is C[C@H]1CN(Cc2ccccc2C(C)(C)C#N)C[C@@H](c2ccsc2)O1. The molecule has 3 nitrogen and oxygen atoms in total. The van der Waals surface area contributed by atoms with Crippen LogP contribution >= 0.6 is 11.3 Å². The van der Waals surface area contributed by atoms with Crippen molar-refractivity contribution in [3.05, 3.63) is 57.8 Å². The minimum atomic E-state index is -0.471.